The van der Waals surface area contributed by atoms with Crippen molar-refractivity contribution in [2.45, 2.75) is 13.1 Å². The van der Waals surface area contributed by atoms with Crippen LogP contribution in [0.25, 0.3) is 22.3 Å². The molecule has 3 aromatic carbocycles. The third kappa shape index (κ3) is 7.07. The number of hydrogen-bond acceptors (Lipinski definition) is 5. The van der Waals surface area contributed by atoms with Gasteiger partial charge in [0.25, 0.3) is 0 Å². The molecule has 5 rings (SSSR count). The third-order valence-corrected chi connectivity index (χ3v) is 6.49. The van der Waals surface area contributed by atoms with Crippen LogP contribution in [0.15, 0.2) is 110 Å². The van der Waals surface area contributed by atoms with Gasteiger partial charge in [-0.25, -0.2) is 8.78 Å². The predicted molar refractivity (Wildman–Crippen MR) is 152 cm³/mol. The van der Waals surface area contributed by atoms with E-state index in [0.717, 1.165) is 33.4 Å². The van der Waals surface area contributed by atoms with Gasteiger partial charge in [-0.15, -0.1) is 0 Å². The van der Waals surface area contributed by atoms with Crippen molar-refractivity contribution in [1.29, 1.82) is 0 Å². The molecule has 0 spiro atoms. The fraction of sp³-hybridized carbons (Fsp3) is 0.152. The van der Waals surface area contributed by atoms with Gasteiger partial charge in [0.2, 0.25) is 0 Å². The maximum Gasteiger partial charge on any atom is 0.161 e. The minimum atomic E-state index is -0.273. The second kappa shape index (κ2) is 13.0. The second-order valence-electron chi connectivity index (χ2n) is 9.39. The Bertz CT molecular complexity index is 1450. The summed E-state index contributed by atoms with van der Waals surface area (Å²) in [5.74, 6) is 0.822. The van der Waals surface area contributed by atoms with Crippen molar-refractivity contribution in [3.05, 3.63) is 132 Å². The van der Waals surface area contributed by atoms with Gasteiger partial charge < -0.3 is 9.47 Å². The van der Waals surface area contributed by atoms with Crippen molar-refractivity contribution in [2.75, 3.05) is 20.3 Å². The zero-order chi connectivity index (χ0) is 27.7. The number of halogens is 2. The number of ether oxygens (including phenoxy) is 2. The Hall–Kier alpha value is -4.62. The summed E-state index contributed by atoms with van der Waals surface area (Å²) in [6, 6.07) is 24.5. The lowest BCUT2D eigenvalue weighted by atomic mass is 10.0. The lowest BCUT2D eigenvalue weighted by Crippen LogP contribution is -2.28. The highest BCUT2D eigenvalue weighted by atomic mass is 19.1. The molecule has 0 fully saturated rings. The van der Waals surface area contributed by atoms with Crippen LogP contribution >= 0.6 is 0 Å². The summed E-state index contributed by atoms with van der Waals surface area (Å²) in [7, 11) is 1.62. The van der Waals surface area contributed by atoms with Gasteiger partial charge in [-0.05, 0) is 70.8 Å². The van der Waals surface area contributed by atoms with E-state index in [-0.39, 0.29) is 11.6 Å². The highest BCUT2D eigenvalue weighted by Crippen LogP contribution is 2.26. The predicted octanol–water partition coefficient (Wildman–Crippen LogP) is 7.18. The van der Waals surface area contributed by atoms with Crippen LogP contribution in [-0.4, -0.2) is 35.1 Å². The highest BCUT2D eigenvalue weighted by molar-refractivity contribution is 5.63. The number of methoxy groups -OCH3 is 1. The minimum absolute atomic E-state index is 0.273. The average molecular weight is 538 g/mol. The molecule has 0 saturated carbocycles. The Morgan fingerprint density at radius 1 is 0.625 bits per heavy atom. The Balaban J connectivity index is 1.36. The number of rotatable bonds is 11. The average Bonchev–Trinajstić information content (AvgIpc) is 2.98. The van der Waals surface area contributed by atoms with Crippen LogP contribution in [-0.2, 0) is 13.1 Å². The molecule has 0 amide bonds. The third-order valence-electron chi connectivity index (χ3n) is 6.49. The summed E-state index contributed by atoms with van der Waals surface area (Å²) >= 11 is 0. The first-order valence-electron chi connectivity index (χ1n) is 13.0. The van der Waals surface area contributed by atoms with Crippen LogP contribution in [0.5, 0.6) is 11.5 Å². The summed E-state index contributed by atoms with van der Waals surface area (Å²) in [6.45, 7) is 2.28. The fourth-order valence-electron chi connectivity index (χ4n) is 4.50. The van der Waals surface area contributed by atoms with Crippen LogP contribution in [0.1, 0.15) is 11.1 Å². The van der Waals surface area contributed by atoms with Crippen molar-refractivity contribution < 1.29 is 18.3 Å². The van der Waals surface area contributed by atoms with E-state index in [1.807, 2.05) is 36.7 Å². The zero-order valence-electron chi connectivity index (χ0n) is 22.1. The molecule has 40 heavy (non-hydrogen) atoms. The minimum Gasteiger partial charge on any atom is -0.493 e. The van der Waals surface area contributed by atoms with Gasteiger partial charge >= 0.3 is 0 Å². The number of pyridine rings is 2. The molecule has 0 atom stereocenters. The van der Waals surface area contributed by atoms with Crippen LogP contribution in [0, 0.1) is 11.6 Å². The topological polar surface area (TPSA) is 47.5 Å². The van der Waals surface area contributed by atoms with Gasteiger partial charge in [-0.1, -0.05) is 36.4 Å². The van der Waals surface area contributed by atoms with Crippen molar-refractivity contribution >= 4 is 0 Å². The Labute approximate surface area is 232 Å². The Morgan fingerprint density at radius 3 is 1.62 bits per heavy atom. The number of para-hydroxylation sites is 2. The van der Waals surface area contributed by atoms with E-state index in [4.69, 9.17) is 9.47 Å². The molecule has 0 N–H and O–H groups in total. The quantitative estimate of drug-likeness (QED) is 0.179. The van der Waals surface area contributed by atoms with E-state index < -0.39 is 0 Å². The monoisotopic (exact) mass is 537 g/mol. The molecular weight excluding hydrogens is 508 g/mol. The largest absolute Gasteiger partial charge is 0.493 e. The van der Waals surface area contributed by atoms with Crippen molar-refractivity contribution in [2.24, 2.45) is 0 Å². The van der Waals surface area contributed by atoms with Crippen LogP contribution < -0.4 is 9.47 Å². The molecule has 0 aliphatic carbocycles. The lowest BCUT2D eigenvalue weighted by molar-refractivity contribution is 0.192. The molecule has 5 nitrogen and oxygen atoms in total. The smallest absolute Gasteiger partial charge is 0.161 e. The summed E-state index contributed by atoms with van der Waals surface area (Å²) in [5.41, 5.74) is 5.67. The maximum absolute atomic E-state index is 13.4. The van der Waals surface area contributed by atoms with Crippen molar-refractivity contribution in [1.82, 2.24) is 14.9 Å². The van der Waals surface area contributed by atoms with E-state index in [2.05, 4.69) is 27.0 Å². The van der Waals surface area contributed by atoms with Gasteiger partial charge in [0.05, 0.1) is 7.11 Å². The molecule has 5 aromatic rings. The summed E-state index contributed by atoms with van der Waals surface area (Å²) in [6.07, 6.45) is 7.24. The normalized spacial score (nSPS) is 11.0. The zero-order valence-corrected chi connectivity index (χ0v) is 22.1. The molecular formula is C33H29F2N3O2. The molecule has 0 aliphatic rings. The van der Waals surface area contributed by atoms with Crippen LogP contribution in [0.3, 0.4) is 0 Å². The number of hydrogen-bond donors (Lipinski definition) is 0. The van der Waals surface area contributed by atoms with E-state index in [0.29, 0.717) is 37.7 Å². The molecule has 0 radical (unpaired) electrons. The molecule has 0 bridgehead atoms. The first-order chi connectivity index (χ1) is 19.6. The van der Waals surface area contributed by atoms with Gasteiger partial charge in [0, 0.05) is 55.5 Å². The first kappa shape index (κ1) is 27.0. The highest BCUT2D eigenvalue weighted by Gasteiger charge is 2.12. The number of benzene rings is 3. The first-order valence-corrected chi connectivity index (χ1v) is 13.0. The fourth-order valence-corrected chi connectivity index (χ4v) is 4.50. The van der Waals surface area contributed by atoms with E-state index in [1.165, 1.54) is 24.3 Å². The number of nitrogens with zero attached hydrogens (tertiary/aromatic N) is 3. The van der Waals surface area contributed by atoms with Gasteiger partial charge in [0.1, 0.15) is 18.2 Å². The Morgan fingerprint density at radius 2 is 1.12 bits per heavy atom. The molecule has 0 aliphatic heterocycles. The molecule has 2 heterocycles. The Kier molecular flexibility index (Phi) is 8.73. The van der Waals surface area contributed by atoms with Gasteiger partial charge in [-0.3, -0.25) is 14.9 Å². The van der Waals surface area contributed by atoms with Crippen molar-refractivity contribution in [3.8, 4) is 33.8 Å². The summed E-state index contributed by atoms with van der Waals surface area (Å²) in [5, 5.41) is 0. The summed E-state index contributed by atoms with van der Waals surface area (Å²) in [4.78, 5) is 11.1. The van der Waals surface area contributed by atoms with Crippen molar-refractivity contribution in [3.63, 3.8) is 0 Å². The van der Waals surface area contributed by atoms with Crippen LogP contribution in [0.2, 0.25) is 0 Å². The molecule has 2 aromatic heterocycles. The van der Waals surface area contributed by atoms with Crippen LogP contribution in [0.4, 0.5) is 8.78 Å². The molecule has 0 unspecified atom stereocenters. The molecule has 202 valence electrons. The number of aromatic nitrogens is 2. The maximum atomic E-state index is 13.4. The van der Waals surface area contributed by atoms with E-state index >= 15 is 0 Å². The molecule has 0 saturated heterocycles. The van der Waals surface area contributed by atoms with Gasteiger partial charge in [-0.2, -0.15) is 0 Å². The standard InChI is InChI=1S/C33H29F2N3O2/c1-39-32-4-2-3-5-33(32)40-15-14-38(22-24-16-28(20-36-18-24)26-6-10-30(34)11-7-26)23-25-17-29(21-37-19-25)27-8-12-31(35)13-9-27/h2-13,16-21H,14-15,22-23H2,1H3. The lowest BCUT2D eigenvalue weighted by Gasteiger charge is -2.23. The SMILES string of the molecule is COc1ccccc1OCCN(Cc1cncc(-c2ccc(F)cc2)c1)Cc1cncc(-c2ccc(F)cc2)c1. The van der Waals surface area contributed by atoms with Gasteiger partial charge in [0.15, 0.2) is 11.5 Å². The summed E-state index contributed by atoms with van der Waals surface area (Å²) < 4.78 is 38.4. The second-order valence-corrected chi connectivity index (χ2v) is 9.39. The van der Waals surface area contributed by atoms with E-state index in [9.17, 15) is 8.78 Å². The van der Waals surface area contributed by atoms with E-state index in [1.54, 1.807) is 43.8 Å². The molecule has 7 heteroatoms.